The maximum absolute atomic E-state index is 10.1. The lowest BCUT2D eigenvalue weighted by molar-refractivity contribution is -0.145. The van der Waals surface area contributed by atoms with E-state index in [0.717, 1.165) is 6.61 Å². The van der Waals surface area contributed by atoms with Crippen LogP contribution in [0.5, 0.6) is 0 Å². The van der Waals surface area contributed by atoms with Gasteiger partial charge in [-0.25, -0.2) is 0 Å². The molecule has 0 amide bonds. The fraction of sp³-hybridized carbons (Fsp3) is 0.600. The summed E-state index contributed by atoms with van der Waals surface area (Å²) in [6, 6.07) is 0. The molecular formula is C5H9O3. The van der Waals surface area contributed by atoms with Gasteiger partial charge in [-0.05, 0) is 6.92 Å². The highest BCUT2D eigenvalue weighted by atomic mass is 16.5. The van der Waals surface area contributed by atoms with Crippen LogP contribution in [-0.4, -0.2) is 17.2 Å². The highest BCUT2D eigenvalue weighted by Crippen LogP contribution is 1.91. The van der Waals surface area contributed by atoms with E-state index in [1.54, 1.807) is 6.92 Å². The SMILES string of the molecule is CC(=O)O[C@@H](C)[CH]O. The van der Waals surface area contributed by atoms with Gasteiger partial charge in [-0.3, -0.25) is 4.79 Å². The average molecular weight is 117 g/mol. The molecule has 1 N–H and O–H groups in total. The number of hydrogen-bond acceptors (Lipinski definition) is 3. The van der Waals surface area contributed by atoms with Gasteiger partial charge in [-0.1, -0.05) is 0 Å². The minimum absolute atomic E-state index is 0.386. The van der Waals surface area contributed by atoms with E-state index in [0.29, 0.717) is 0 Å². The van der Waals surface area contributed by atoms with Crippen molar-refractivity contribution < 1.29 is 14.6 Å². The first-order valence-corrected chi connectivity index (χ1v) is 2.31. The lowest BCUT2D eigenvalue weighted by atomic mass is 10.4. The molecule has 0 aliphatic rings. The van der Waals surface area contributed by atoms with Crippen LogP contribution >= 0.6 is 0 Å². The van der Waals surface area contributed by atoms with Crippen LogP contribution in [0.3, 0.4) is 0 Å². The van der Waals surface area contributed by atoms with Crippen LogP contribution in [0.2, 0.25) is 0 Å². The average Bonchev–Trinajstić information content (AvgIpc) is 1.65. The monoisotopic (exact) mass is 117 g/mol. The predicted octanol–water partition coefficient (Wildman–Crippen LogP) is 0.472. The Hall–Kier alpha value is -0.570. The molecule has 0 rings (SSSR count). The summed E-state index contributed by atoms with van der Waals surface area (Å²) in [5.41, 5.74) is 0. The molecular weight excluding hydrogens is 108 g/mol. The summed E-state index contributed by atoms with van der Waals surface area (Å²) >= 11 is 0. The third kappa shape index (κ3) is 3.61. The highest BCUT2D eigenvalue weighted by Gasteiger charge is 2.01. The van der Waals surface area contributed by atoms with E-state index < -0.39 is 6.10 Å². The van der Waals surface area contributed by atoms with Crippen LogP contribution in [-0.2, 0) is 9.53 Å². The smallest absolute Gasteiger partial charge is 0.302 e. The predicted molar refractivity (Wildman–Crippen MR) is 27.5 cm³/mol. The number of esters is 1. The van der Waals surface area contributed by atoms with Crippen molar-refractivity contribution in [1.29, 1.82) is 0 Å². The second-order valence-corrected chi connectivity index (χ2v) is 1.46. The molecule has 0 saturated heterocycles. The number of carbonyl (C=O) groups excluding carboxylic acids is 1. The van der Waals surface area contributed by atoms with E-state index in [9.17, 15) is 4.79 Å². The first kappa shape index (κ1) is 7.43. The van der Waals surface area contributed by atoms with Crippen molar-refractivity contribution in [1.82, 2.24) is 0 Å². The Morgan fingerprint density at radius 1 is 1.88 bits per heavy atom. The Morgan fingerprint density at radius 3 is 2.50 bits per heavy atom. The van der Waals surface area contributed by atoms with Crippen LogP contribution in [0.4, 0.5) is 0 Å². The number of carbonyl (C=O) groups is 1. The van der Waals surface area contributed by atoms with Gasteiger partial charge in [0.05, 0.1) is 0 Å². The topological polar surface area (TPSA) is 46.5 Å². The summed E-state index contributed by atoms with van der Waals surface area (Å²) in [7, 11) is 0. The standard InChI is InChI=1S/C5H9O3/c1-4(3-6)8-5(2)7/h3-4,6H,1-2H3/t4-/m0/s1. The summed E-state index contributed by atoms with van der Waals surface area (Å²) in [5.74, 6) is -0.386. The van der Waals surface area contributed by atoms with E-state index in [1.165, 1.54) is 6.92 Å². The molecule has 3 heteroatoms. The number of rotatable bonds is 2. The molecule has 0 aliphatic carbocycles. The lowest BCUT2D eigenvalue weighted by Crippen LogP contribution is -2.11. The number of hydrogen-bond donors (Lipinski definition) is 1. The molecule has 8 heavy (non-hydrogen) atoms. The second kappa shape index (κ2) is 3.43. The molecule has 47 valence electrons. The van der Waals surface area contributed by atoms with Gasteiger partial charge in [-0.15, -0.1) is 0 Å². The molecule has 1 atom stereocenters. The Kier molecular flexibility index (Phi) is 3.19. The molecule has 0 aromatic carbocycles. The zero-order valence-electron chi connectivity index (χ0n) is 4.92. The molecule has 0 heterocycles. The van der Waals surface area contributed by atoms with Gasteiger partial charge < -0.3 is 9.84 Å². The Labute approximate surface area is 48.3 Å². The Morgan fingerprint density at radius 2 is 2.38 bits per heavy atom. The van der Waals surface area contributed by atoms with Crippen LogP contribution in [0.15, 0.2) is 0 Å². The minimum Gasteiger partial charge on any atom is -0.460 e. The molecule has 0 unspecified atom stereocenters. The van der Waals surface area contributed by atoms with E-state index >= 15 is 0 Å². The zero-order chi connectivity index (χ0) is 6.57. The number of aliphatic hydroxyl groups excluding tert-OH is 1. The van der Waals surface area contributed by atoms with E-state index in [4.69, 9.17) is 5.11 Å². The normalized spacial score (nSPS) is 12.9. The summed E-state index contributed by atoms with van der Waals surface area (Å²) in [6.07, 6.45) is -0.493. The maximum atomic E-state index is 10.1. The lowest BCUT2D eigenvalue weighted by Gasteiger charge is -2.05. The van der Waals surface area contributed by atoms with Crippen molar-refractivity contribution in [2.24, 2.45) is 0 Å². The van der Waals surface area contributed by atoms with E-state index in [1.807, 2.05) is 0 Å². The summed E-state index contributed by atoms with van der Waals surface area (Å²) in [6.45, 7) is 3.68. The van der Waals surface area contributed by atoms with Gasteiger partial charge >= 0.3 is 5.97 Å². The fourth-order valence-corrected chi connectivity index (χ4v) is 0.292. The zero-order valence-corrected chi connectivity index (χ0v) is 4.92. The van der Waals surface area contributed by atoms with Crippen LogP contribution in [0, 0.1) is 6.61 Å². The van der Waals surface area contributed by atoms with E-state index in [-0.39, 0.29) is 5.97 Å². The largest absolute Gasteiger partial charge is 0.460 e. The summed E-state index contributed by atoms with van der Waals surface area (Å²) < 4.78 is 4.45. The van der Waals surface area contributed by atoms with Crippen molar-refractivity contribution in [3.63, 3.8) is 0 Å². The third-order valence-electron chi connectivity index (χ3n) is 0.562. The number of aliphatic hydroxyl groups is 1. The molecule has 3 nitrogen and oxygen atoms in total. The van der Waals surface area contributed by atoms with Crippen LogP contribution in [0.1, 0.15) is 13.8 Å². The molecule has 0 aromatic heterocycles. The molecule has 0 saturated carbocycles. The van der Waals surface area contributed by atoms with Gasteiger partial charge in [0.1, 0.15) is 12.7 Å². The summed E-state index contributed by atoms with van der Waals surface area (Å²) in [4.78, 5) is 10.1. The Bertz CT molecular complexity index is 79.7. The first-order valence-electron chi connectivity index (χ1n) is 2.31. The highest BCUT2D eigenvalue weighted by molar-refractivity contribution is 5.66. The minimum atomic E-state index is -0.493. The fourth-order valence-electron chi connectivity index (χ4n) is 0.292. The number of ether oxygens (including phenoxy) is 1. The van der Waals surface area contributed by atoms with Crippen molar-refractivity contribution in [2.45, 2.75) is 20.0 Å². The maximum Gasteiger partial charge on any atom is 0.302 e. The van der Waals surface area contributed by atoms with Crippen molar-refractivity contribution in [3.05, 3.63) is 6.61 Å². The van der Waals surface area contributed by atoms with Gasteiger partial charge in [0.2, 0.25) is 0 Å². The van der Waals surface area contributed by atoms with Gasteiger partial charge in [0, 0.05) is 6.92 Å². The quantitative estimate of drug-likeness (QED) is 0.535. The molecule has 0 aromatic rings. The van der Waals surface area contributed by atoms with Gasteiger partial charge in [-0.2, -0.15) is 0 Å². The molecule has 0 aliphatic heterocycles. The first-order chi connectivity index (χ1) is 3.66. The second-order valence-electron chi connectivity index (χ2n) is 1.46. The molecule has 1 radical (unpaired) electrons. The van der Waals surface area contributed by atoms with Crippen molar-refractivity contribution >= 4 is 5.97 Å². The van der Waals surface area contributed by atoms with Crippen molar-refractivity contribution in [2.75, 3.05) is 0 Å². The third-order valence-corrected chi connectivity index (χ3v) is 0.562. The van der Waals surface area contributed by atoms with Crippen LogP contribution in [0.25, 0.3) is 0 Å². The Balaban J connectivity index is 3.24. The molecule has 0 spiro atoms. The van der Waals surface area contributed by atoms with E-state index in [2.05, 4.69) is 4.74 Å². The van der Waals surface area contributed by atoms with Gasteiger partial charge in [0.25, 0.3) is 0 Å². The molecule has 0 fully saturated rings. The molecule has 0 bridgehead atoms. The van der Waals surface area contributed by atoms with Crippen LogP contribution < -0.4 is 0 Å². The van der Waals surface area contributed by atoms with Gasteiger partial charge in [0.15, 0.2) is 0 Å². The van der Waals surface area contributed by atoms with Crippen molar-refractivity contribution in [3.8, 4) is 0 Å². The summed E-state index contributed by atoms with van der Waals surface area (Å²) in [5, 5.41) is 8.18.